The van der Waals surface area contributed by atoms with Crippen molar-refractivity contribution in [2.75, 3.05) is 19.1 Å². The van der Waals surface area contributed by atoms with E-state index in [1.54, 1.807) is 16.9 Å². The molecule has 0 N–H and O–H groups in total. The average molecular weight is 423 g/mol. The van der Waals surface area contributed by atoms with Crippen LogP contribution >= 0.6 is 0 Å². The molecule has 7 nitrogen and oxygen atoms in total. The molecule has 1 fully saturated rings. The zero-order valence-electron chi connectivity index (χ0n) is 18.6. The minimum Gasteiger partial charge on any atom is -0.497 e. The number of amides is 2. The highest BCUT2D eigenvalue weighted by molar-refractivity contribution is 5.95. The second-order valence-electron chi connectivity index (χ2n) is 8.53. The van der Waals surface area contributed by atoms with Gasteiger partial charge in [-0.25, -0.2) is 9.97 Å². The second-order valence-corrected chi connectivity index (χ2v) is 8.53. The van der Waals surface area contributed by atoms with Crippen LogP contribution in [0.25, 0.3) is 0 Å². The summed E-state index contributed by atoms with van der Waals surface area (Å²) in [6, 6.07) is 7.72. The molecule has 0 spiro atoms. The molecule has 2 amide bonds. The molecule has 0 radical (unpaired) electrons. The summed E-state index contributed by atoms with van der Waals surface area (Å²) in [7, 11) is 3.45. The highest BCUT2D eigenvalue weighted by atomic mass is 16.5. The zero-order valence-corrected chi connectivity index (χ0v) is 18.6. The smallest absolute Gasteiger partial charge is 0.228 e. The Morgan fingerprint density at radius 3 is 2.74 bits per heavy atom. The SMILES string of the molecule is COc1cccc(CN2C(=O)CCc3c(C)nc(CN(C)C(=O)C4CCCC4)nc32)c1. The Bertz CT molecular complexity index is 985. The summed E-state index contributed by atoms with van der Waals surface area (Å²) in [5.41, 5.74) is 2.87. The van der Waals surface area contributed by atoms with Crippen molar-refractivity contribution in [3.05, 3.63) is 46.9 Å². The van der Waals surface area contributed by atoms with Gasteiger partial charge < -0.3 is 9.64 Å². The minimum absolute atomic E-state index is 0.0507. The molecule has 1 saturated carbocycles. The Morgan fingerprint density at radius 2 is 2.00 bits per heavy atom. The molecule has 1 aromatic carbocycles. The molecule has 1 aliphatic heterocycles. The van der Waals surface area contributed by atoms with E-state index >= 15 is 0 Å². The number of aryl methyl sites for hydroxylation is 1. The molecule has 2 aliphatic rings. The number of hydrogen-bond donors (Lipinski definition) is 0. The number of aromatic nitrogens is 2. The summed E-state index contributed by atoms with van der Waals surface area (Å²) in [5.74, 6) is 2.35. The van der Waals surface area contributed by atoms with Gasteiger partial charge in [-0.1, -0.05) is 25.0 Å². The number of hydrogen-bond acceptors (Lipinski definition) is 5. The van der Waals surface area contributed by atoms with E-state index in [1.807, 2.05) is 38.2 Å². The van der Waals surface area contributed by atoms with Gasteiger partial charge in [0.2, 0.25) is 11.8 Å². The van der Waals surface area contributed by atoms with Crippen LogP contribution in [0.15, 0.2) is 24.3 Å². The summed E-state index contributed by atoms with van der Waals surface area (Å²) in [6.07, 6.45) is 5.28. The summed E-state index contributed by atoms with van der Waals surface area (Å²) in [5, 5.41) is 0. The van der Waals surface area contributed by atoms with Crippen molar-refractivity contribution in [3.63, 3.8) is 0 Å². The third-order valence-corrected chi connectivity index (χ3v) is 6.32. The van der Waals surface area contributed by atoms with E-state index in [2.05, 4.69) is 4.98 Å². The Balaban J connectivity index is 1.59. The summed E-state index contributed by atoms with van der Waals surface area (Å²) in [4.78, 5) is 38.4. The minimum atomic E-state index is 0.0507. The van der Waals surface area contributed by atoms with Crippen molar-refractivity contribution in [1.82, 2.24) is 14.9 Å². The van der Waals surface area contributed by atoms with Crippen molar-refractivity contribution in [2.24, 2.45) is 5.92 Å². The zero-order chi connectivity index (χ0) is 22.0. The van der Waals surface area contributed by atoms with Crippen molar-refractivity contribution in [1.29, 1.82) is 0 Å². The van der Waals surface area contributed by atoms with Gasteiger partial charge in [0.15, 0.2) is 0 Å². The molecule has 0 atom stereocenters. The molecule has 0 bridgehead atoms. The summed E-state index contributed by atoms with van der Waals surface area (Å²) < 4.78 is 5.32. The molecule has 7 heteroatoms. The van der Waals surface area contributed by atoms with Crippen LogP contribution in [-0.2, 0) is 29.1 Å². The Labute approximate surface area is 183 Å². The molecule has 0 unspecified atom stereocenters. The van der Waals surface area contributed by atoms with Gasteiger partial charge in [0, 0.05) is 30.6 Å². The van der Waals surface area contributed by atoms with Gasteiger partial charge in [0.1, 0.15) is 17.4 Å². The predicted octanol–water partition coefficient (Wildman–Crippen LogP) is 3.42. The highest BCUT2D eigenvalue weighted by Gasteiger charge is 2.30. The van der Waals surface area contributed by atoms with Crippen LogP contribution in [0.1, 0.15) is 54.7 Å². The maximum absolute atomic E-state index is 12.8. The molecular weight excluding hydrogens is 392 g/mol. The van der Waals surface area contributed by atoms with E-state index in [1.165, 1.54) is 0 Å². The van der Waals surface area contributed by atoms with Gasteiger partial charge in [-0.2, -0.15) is 0 Å². The van der Waals surface area contributed by atoms with Crippen molar-refractivity contribution < 1.29 is 14.3 Å². The molecule has 31 heavy (non-hydrogen) atoms. The number of anilines is 1. The van der Waals surface area contributed by atoms with Crippen molar-refractivity contribution in [2.45, 2.75) is 58.5 Å². The molecule has 4 rings (SSSR count). The summed E-state index contributed by atoms with van der Waals surface area (Å²) in [6.45, 7) is 2.74. The van der Waals surface area contributed by atoms with Gasteiger partial charge in [-0.05, 0) is 43.9 Å². The van der Waals surface area contributed by atoms with E-state index in [4.69, 9.17) is 9.72 Å². The first-order valence-corrected chi connectivity index (χ1v) is 11.0. The van der Waals surface area contributed by atoms with Crippen LogP contribution in [0.3, 0.4) is 0 Å². The van der Waals surface area contributed by atoms with Crippen LogP contribution in [0.2, 0.25) is 0 Å². The lowest BCUT2D eigenvalue weighted by Crippen LogP contribution is -2.37. The molecule has 164 valence electrons. The Morgan fingerprint density at radius 1 is 1.23 bits per heavy atom. The number of methoxy groups -OCH3 is 1. The number of carbonyl (C=O) groups excluding carboxylic acids is 2. The van der Waals surface area contributed by atoms with Crippen LogP contribution < -0.4 is 9.64 Å². The second kappa shape index (κ2) is 9.04. The first-order chi connectivity index (χ1) is 15.0. The number of nitrogens with zero attached hydrogens (tertiary/aromatic N) is 4. The van der Waals surface area contributed by atoms with Gasteiger partial charge in [-0.3, -0.25) is 14.5 Å². The first-order valence-electron chi connectivity index (χ1n) is 11.0. The fourth-order valence-electron chi connectivity index (χ4n) is 4.60. The van der Waals surface area contributed by atoms with Crippen LogP contribution in [0, 0.1) is 12.8 Å². The van der Waals surface area contributed by atoms with Crippen molar-refractivity contribution >= 4 is 17.6 Å². The molecule has 2 heterocycles. The number of carbonyl (C=O) groups is 2. The van der Waals surface area contributed by atoms with Crippen LogP contribution in [-0.4, -0.2) is 40.8 Å². The number of ether oxygens (including phenoxy) is 1. The largest absolute Gasteiger partial charge is 0.497 e. The lowest BCUT2D eigenvalue weighted by molar-refractivity contribution is -0.134. The standard InChI is InChI=1S/C24H30N4O3/c1-16-20-11-12-22(29)28(14-17-7-6-10-19(13-17)31-3)23(20)26-21(25-16)15-27(2)24(30)18-8-4-5-9-18/h6-7,10,13,18H,4-5,8-9,11-12,14-15H2,1-3H3. The van der Waals surface area contributed by atoms with Gasteiger partial charge in [0.05, 0.1) is 20.2 Å². The first kappa shape index (κ1) is 21.3. The van der Waals surface area contributed by atoms with E-state index in [0.717, 1.165) is 48.3 Å². The average Bonchev–Trinajstić information content (AvgIpc) is 3.30. The van der Waals surface area contributed by atoms with Crippen LogP contribution in [0.5, 0.6) is 5.75 Å². The normalized spacial score (nSPS) is 16.4. The molecular formula is C24H30N4O3. The van der Waals surface area contributed by atoms with Crippen molar-refractivity contribution in [3.8, 4) is 5.75 Å². The molecule has 0 saturated heterocycles. The van der Waals surface area contributed by atoms with E-state index < -0.39 is 0 Å². The lowest BCUT2D eigenvalue weighted by Gasteiger charge is -2.30. The maximum atomic E-state index is 12.8. The fourth-order valence-corrected chi connectivity index (χ4v) is 4.60. The quantitative estimate of drug-likeness (QED) is 0.713. The van der Waals surface area contributed by atoms with Crippen LogP contribution in [0.4, 0.5) is 5.82 Å². The summed E-state index contributed by atoms with van der Waals surface area (Å²) >= 11 is 0. The fraction of sp³-hybridized carbons (Fsp3) is 0.500. The lowest BCUT2D eigenvalue weighted by atomic mass is 10.0. The maximum Gasteiger partial charge on any atom is 0.228 e. The highest BCUT2D eigenvalue weighted by Crippen LogP contribution is 2.31. The molecule has 2 aromatic rings. The topological polar surface area (TPSA) is 75.6 Å². The third kappa shape index (κ3) is 4.55. The van der Waals surface area contributed by atoms with Gasteiger partial charge >= 0.3 is 0 Å². The molecule has 1 aromatic heterocycles. The molecule has 1 aliphatic carbocycles. The number of benzene rings is 1. The van der Waals surface area contributed by atoms with E-state index in [9.17, 15) is 9.59 Å². The van der Waals surface area contributed by atoms with Gasteiger partial charge in [0.25, 0.3) is 0 Å². The third-order valence-electron chi connectivity index (χ3n) is 6.32. The number of rotatable bonds is 6. The monoisotopic (exact) mass is 422 g/mol. The number of fused-ring (bicyclic) bond motifs is 1. The van der Waals surface area contributed by atoms with E-state index in [0.29, 0.717) is 37.6 Å². The predicted molar refractivity (Wildman–Crippen MR) is 118 cm³/mol. The van der Waals surface area contributed by atoms with E-state index in [-0.39, 0.29) is 17.7 Å². The Hall–Kier alpha value is -2.96. The van der Waals surface area contributed by atoms with Gasteiger partial charge in [-0.15, -0.1) is 0 Å². The Kier molecular flexibility index (Phi) is 6.20.